The van der Waals surface area contributed by atoms with Crippen LogP contribution < -0.4 is 0 Å². The lowest BCUT2D eigenvalue weighted by Crippen LogP contribution is -2.58. The summed E-state index contributed by atoms with van der Waals surface area (Å²) in [5.74, 6) is 0. The fourth-order valence-corrected chi connectivity index (χ4v) is 2.47. The number of hydrogen-bond acceptors (Lipinski definition) is 7. The fraction of sp³-hybridized carbons (Fsp3) is 1.00. The van der Waals surface area contributed by atoms with E-state index in [1.54, 1.807) is 13.8 Å². The smallest absolute Gasteiger partial charge is 0.104 e. The Kier molecular flexibility index (Phi) is 7.72. The van der Waals surface area contributed by atoms with Crippen molar-refractivity contribution in [2.45, 2.75) is 58.2 Å². The molecule has 5 unspecified atom stereocenters. The predicted octanol–water partition coefficient (Wildman–Crippen LogP) is -1.52. The third-order valence-electron chi connectivity index (χ3n) is 4.38. The van der Waals surface area contributed by atoms with Crippen molar-refractivity contribution in [2.75, 3.05) is 20.3 Å². The number of rotatable bonds is 9. The molecular formula is C14H30O7. The lowest BCUT2D eigenvalue weighted by Gasteiger charge is -2.45. The molecule has 0 fully saturated rings. The van der Waals surface area contributed by atoms with E-state index in [0.717, 1.165) is 0 Å². The topological polar surface area (TPSA) is 131 Å². The van der Waals surface area contributed by atoms with E-state index < -0.39 is 54.6 Å². The van der Waals surface area contributed by atoms with Gasteiger partial charge in [0.25, 0.3) is 0 Å². The molecule has 0 spiro atoms. The first-order chi connectivity index (χ1) is 9.48. The molecule has 5 atom stereocenters. The average Bonchev–Trinajstić information content (AvgIpc) is 2.44. The van der Waals surface area contributed by atoms with Gasteiger partial charge in [0.05, 0.1) is 37.6 Å². The van der Waals surface area contributed by atoms with Gasteiger partial charge in [0, 0.05) is 17.9 Å². The highest BCUT2D eigenvalue weighted by atomic mass is 16.5. The van der Waals surface area contributed by atoms with Crippen LogP contribution in [0, 0.1) is 10.8 Å². The second-order valence-corrected chi connectivity index (χ2v) is 6.64. The number of aliphatic hydroxyl groups is 6. The summed E-state index contributed by atoms with van der Waals surface area (Å²) in [7, 11) is 1.33. The summed E-state index contributed by atoms with van der Waals surface area (Å²) >= 11 is 0. The quantitative estimate of drug-likeness (QED) is 0.305. The second-order valence-electron chi connectivity index (χ2n) is 6.64. The van der Waals surface area contributed by atoms with Gasteiger partial charge < -0.3 is 35.4 Å². The second kappa shape index (κ2) is 7.82. The van der Waals surface area contributed by atoms with Crippen LogP contribution in [-0.4, -0.2) is 81.5 Å². The van der Waals surface area contributed by atoms with Crippen molar-refractivity contribution in [2.24, 2.45) is 10.8 Å². The fourth-order valence-electron chi connectivity index (χ4n) is 2.47. The van der Waals surface area contributed by atoms with Crippen molar-refractivity contribution >= 4 is 0 Å². The number of aliphatic hydroxyl groups excluding tert-OH is 6. The molecule has 128 valence electrons. The number of hydrogen-bond donors (Lipinski definition) is 6. The summed E-state index contributed by atoms with van der Waals surface area (Å²) in [5, 5.41) is 58.5. The van der Waals surface area contributed by atoms with E-state index in [2.05, 4.69) is 0 Å². The first-order valence-corrected chi connectivity index (χ1v) is 6.95. The Balaban J connectivity index is 5.32. The van der Waals surface area contributed by atoms with Crippen LogP contribution in [0.25, 0.3) is 0 Å². The first kappa shape index (κ1) is 20.7. The summed E-state index contributed by atoms with van der Waals surface area (Å²) in [4.78, 5) is 0. The van der Waals surface area contributed by atoms with Crippen molar-refractivity contribution in [3.05, 3.63) is 0 Å². The molecule has 0 saturated carbocycles. The first-order valence-electron chi connectivity index (χ1n) is 6.95. The maximum Gasteiger partial charge on any atom is 0.104 e. The Labute approximate surface area is 125 Å². The Morgan fingerprint density at radius 2 is 1.24 bits per heavy atom. The molecule has 0 amide bonds. The molecule has 0 saturated heterocycles. The molecule has 0 aromatic carbocycles. The molecule has 21 heavy (non-hydrogen) atoms. The number of ether oxygens (including phenoxy) is 1. The van der Waals surface area contributed by atoms with Gasteiger partial charge in [0.15, 0.2) is 0 Å². The Hall–Kier alpha value is -0.280. The van der Waals surface area contributed by atoms with Crippen molar-refractivity contribution < 1.29 is 35.4 Å². The van der Waals surface area contributed by atoms with Crippen LogP contribution in [0.15, 0.2) is 0 Å². The van der Waals surface area contributed by atoms with E-state index in [4.69, 9.17) is 14.9 Å². The molecule has 0 aromatic rings. The summed E-state index contributed by atoms with van der Waals surface area (Å²) in [6, 6.07) is 0. The summed E-state index contributed by atoms with van der Waals surface area (Å²) in [6.45, 7) is 5.09. The highest BCUT2D eigenvalue weighted by Gasteiger charge is 2.49. The molecule has 7 nitrogen and oxygen atoms in total. The maximum absolute atomic E-state index is 10.5. The molecule has 0 aromatic heterocycles. The minimum atomic E-state index is -1.38. The Morgan fingerprint density at radius 1 is 0.810 bits per heavy atom. The molecule has 6 N–H and O–H groups in total. The van der Waals surface area contributed by atoms with Gasteiger partial charge in [-0.2, -0.15) is 0 Å². The third-order valence-corrected chi connectivity index (χ3v) is 4.38. The highest BCUT2D eigenvalue weighted by Crippen LogP contribution is 2.38. The highest BCUT2D eigenvalue weighted by molar-refractivity contribution is 4.98. The van der Waals surface area contributed by atoms with Crippen LogP contribution in [0.3, 0.4) is 0 Å². The van der Waals surface area contributed by atoms with Crippen LogP contribution in [0.4, 0.5) is 0 Å². The van der Waals surface area contributed by atoms with Crippen LogP contribution in [0.5, 0.6) is 0 Å². The van der Waals surface area contributed by atoms with Gasteiger partial charge in [-0.05, 0) is 0 Å². The van der Waals surface area contributed by atoms with Gasteiger partial charge in [0.1, 0.15) is 6.10 Å². The molecule has 0 aliphatic rings. The zero-order chi connectivity index (χ0) is 17.0. The molecule has 0 rings (SSSR count). The zero-order valence-electron chi connectivity index (χ0n) is 13.4. The van der Waals surface area contributed by atoms with E-state index in [-0.39, 0.29) is 0 Å². The van der Waals surface area contributed by atoms with Crippen molar-refractivity contribution in [1.29, 1.82) is 0 Å². The molecule has 0 aliphatic carbocycles. The predicted molar refractivity (Wildman–Crippen MR) is 76.6 cm³/mol. The van der Waals surface area contributed by atoms with Gasteiger partial charge >= 0.3 is 0 Å². The maximum atomic E-state index is 10.5. The van der Waals surface area contributed by atoms with E-state index in [9.17, 15) is 20.4 Å². The van der Waals surface area contributed by atoms with Gasteiger partial charge in [-0.25, -0.2) is 0 Å². The molecule has 0 bridgehead atoms. The van der Waals surface area contributed by atoms with E-state index in [1.165, 1.54) is 21.0 Å². The minimum Gasteiger partial charge on any atom is -0.394 e. The molecular weight excluding hydrogens is 280 g/mol. The molecule has 0 radical (unpaired) electrons. The normalized spacial score (nSPS) is 20.7. The van der Waals surface area contributed by atoms with Crippen LogP contribution in [0.2, 0.25) is 0 Å². The monoisotopic (exact) mass is 310 g/mol. The summed E-state index contributed by atoms with van der Waals surface area (Å²) in [5.41, 5.74) is -2.28. The molecule has 0 heterocycles. The van der Waals surface area contributed by atoms with Crippen molar-refractivity contribution in [1.82, 2.24) is 0 Å². The van der Waals surface area contributed by atoms with Crippen molar-refractivity contribution in [3.63, 3.8) is 0 Å². The number of methoxy groups -OCH3 is 1. The largest absolute Gasteiger partial charge is 0.394 e. The SMILES string of the molecule is COC(C(O)CO)C(C)(C)C(O)C(O)C(C)(C)C(O)CO. The van der Waals surface area contributed by atoms with Crippen LogP contribution in [0.1, 0.15) is 27.7 Å². The average molecular weight is 310 g/mol. The molecule has 0 aliphatic heterocycles. The third kappa shape index (κ3) is 4.35. The standard InChI is InChI=1S/C14H30O7/c1-13(2,9(18)7-16)10(19)11(20)14(3,4)12(21-5)8(17)6-15/h8-12,15-20H,6-7H2,1-5H3. The zero-order valence-corrected chi connectivity index (χ0v) is 13.4. The lowest BCUT2D eigenvalue weighted by atomic mass is 9.69. The van der Waals surface area contributed by atoms with E-state index in [0.29, 0.717) is 0 Å². The summed E-state index contributed by atoms with van der Waals surface area (Å²) < 4.78 is 5.15. The van der Waals surface area contributed by atoms with E-state index >= 15 is 0 Å². The van der Waals surface area contributed by atoms with Crippen molar-refractivity contribution in [3.8, 4) is 0 Å². The van der Waals surface area contributed by atoms with Crippen LogP contribution in [-0.2, 0) is 4.74 Å². The van der Waals surface area contributed by atoms with Gasteiger partial charge in [0.2, 0.25) is 0 Å². The van der Waals surface area contributed by atoms with Gasteiger partial charge in [-0.3, -0.25) is 0 Å². The van der Waals surface area contributed by atoms with Gasteiger partial charge in [-0.1, -0.05) is 27.7 Å². The lowest BCUT2D eigenvalue weighted by molar-refractivity contribution is -0.186. The van der Waals surface area contributed by atoms with Gasteiger partial charge in [-0.15, -0.1) is 0 Å². The molecule has 7 heteroatoms. The summed E-state index contributed by atoms with van der Waals surface area (Å²) in [6.07, 6.45) is -6.10. The Bertz CT molecular complexity index is 306. The van der Waals surface area contributed by atoms with Crippen LogP contribution >= 0.6 is 0 Å². The Morgan fingerprint density at radius 3 is 1.57 bits per heavy atom. The minimum absolute atomic E-state index is 0.548. The van der Waals surface area contributed by atoms with E-state index in [1.807, 2.05) is 0 Å².